The Bertz CT molecular complexity index is 1200. The van der Waals surface area contributed by atoms with Crippen LogP contribution < -0.4 is 27.4 Å². The zero-order valence-electron chi connectivity index (χ0n) is 23.2. The lowest BCUT2D eigenvalue weighted by molar-refractivity contribution is 0.160. The molecule has 0 radical (unpaired) electrons. The number of para-hydroxylation sites is 1. The summed E-state index contributed by atoms with van der Waals surface area (Å²) in [5, 5.41) is 10.7. The molecule has 4 rings (SSSR count). The molecular formula is C29H42N8O. The van der Waals surface area contributed by atoms with Gasteiger partial charge in [0, 0.05) is 62.1 Å². The van der Waals surface area contributed by atoms with E-state index in [9.17, 15) is 4.79 Å². The van der Waals surface area contributed by atoms with E-state index < -0.39 is 0 Å². The number of aliphatic imine (C=N–C) groups is 1. The second-order valence-corrected chi connectivity index (χ2v) is 9.03. The molecule has 2 aliphatic heterocycles. The van der Waals surface area contributed by atoms with Crippen molar-refractivity contribution in [2.45, 2.75) is 26.8 Å². The Morgan fingerprint density at radius 3 is 2.37 bits per heavy atom. The van der Waals surface area contributed by atoms with Crippen molar-refractivity contribution in [2.75, 3.05) is 57.9 Å². The Labute approximate surface area is 226 Å². The quantitative estimate of drug-likeness (QED) is 0.283. The Balaban J connectivity index is 0.00000195. The van der Waals surface area contributed by atoms with Gasteiger partial charge >= 0.3 is 6.03 Å². The summed E-state index contributed by atoms with van der Waals surface area (Å²) < 4.78 is 0. The van der Waals surface area contributed by atoms with Crippen LogP contribution in [0.3, 0.4) is 0 Å². The number of piperazine rings is 1. The van der Waals surface area contributed by atoms with Crippen LogP contribution in [0.2, 0.25) is 0 Å². The average molecular weight is 519 g/mol. The van der Waals surface area contributed by atoms with Crippen molar-refractivity contribution in [1.29, 1.82) is 0 Å². The molecule has 1 fully saturated rings. The number of nitrogen functional groups attached to an aromatic ring is 1. The number of nitrogens with one attached hydrogen (secondary N) is 3. The number of aryl methyl sites for hydroxylation is 1. The van der Waals surface area contributed by atoms with Crippen LogP contribution in [-0.2, 0) is 0 Å². The predicted molar refractivity (Wildman–Crippen MR) is 158 cm³/mol. The number of allylic oxidation sites excluding steroid dienone is 2. The first-order chi connectivity index (χ1) is 18.4. The fraction of sp³-hybridized carbons (Fsp3) is 0.379. The minimum atomic E-state index is -0.354. The minimum Gasteiger partial charge on any atom is -0.398 e. The molecule has 1 atom stereocenters. The van der Waals surface area contributed by atoms with E-state index in [0.29, 0.717) is 25.3 Å². The summed E-state index contributed by atoms with van der Waals surface area (Å²) in [7, 11) is 3.72. The summed E-state index contributed by atoms with van der Waals surface area (Å²) >= 11 is 0. The molecule has 2 amide bonds. The van der Waals surface area contributed by atoms with Gasteiger partial charge < -0.3 is 37.2 Å². The van der Waals surface area contributed by atoms with Crippen molar-refractivity contribution < 1.29 is 4.79 Å². The zero-order valence-corrected chi connectivity index (χ0v) is 23.2. The lowest BCUT2D eigenvalue weighted by Gasteiger charge is -2.37. The number of amides is 2. The molecular weight excluding hydrogens is 476 g/mol. The lowest BCUT2D eigenvalue weighted by atomic mass is 9.91. The van der Waals surface area contributed by atoms with Gasteiger partial charge in [-0.3, -0.25) is 4.99 Å². The smallest absolute Gasteiger partial charge is 0.314 e. The van der Waals surface area contributed by atoms with E-state index in [2.05, 4.69) is 69.2 Å². The Hall–Kier alpha value is -3.98. The first-order valence-electron chi connectivity index (χ1n) is 13.2. The van der Waals surface area contributed by atoms with Gasteiger partial charge in [-0.1, -0.05) is 44.2 Å². The number of dihydropyridines is 1. The Kier molecular flexibility index (Phi) is 10.2. The Morgan fingerprint density at radius 2 is 1.76 bits per heavy atom. The summed E-state index contributed by atoms with van der Waals surface area (Å²) in [6.07, 6.45) is 6.03. The van der Waals surface area contributed by atoms with Gasteiger partial charge in [0.2, 0.25) is 0 Å². The standard InChI is InChI=1S/C27H36N8O.C2H6/c1-18-6-4-8-21(26(31-3)20-7-5-9-23(28)22(20)17-30-2)25(18)33-19-10-11-24(32-16-19)34-12-14-35(15-13-34)27(29)36;1-2/h4-11,17,26,31-33H,12-16,28H2,1-3H3,(H2,29,36);1-2H3. The predicted octanol–water partition coefficient (Wildman–Crippen LogP) is 3.40. The lowest BCUT2D eigenvalue weighted by Crippen LogP contribution is -2.51. The molecule has 0 spiro atoms. The highest BCUT2D eigenvalue weighted by molar-refractivity contribution is 5.89. The molecule has 0 bridgehead atoms. The Morgan fingerprint density at radius 1 is 1.08 bits per heavy atom. The minimum absolute atomic E-state index is 0.0753. The monoisotopic (exact) mass is 518 g/mol. The highest BCUT2D eigenvalue weighted by atomic mass is 16.2. The van der Waals surface area contributed by atoms with Crippen LogP contribution in [0.4, 0.5) is 16.2 Å². The van der Waals surface area contributed by atoms with Crippen LogP contribution in [0.1, 0.15) is 42.1 Å². The first-order valence-corrected chi connectivity index (χ1v) is 13.2. The molecule has 1 unspecified atom stereocenters. The molecule has 9 heteroatoms. The number of urea groups is 1. The molecule has 0 saturated carbocycles. The van der Waals surface area contributed by atoms with Crippen molar-refractivity contribution in [2.24, 2.45) is 10.7 Å². The van der Waals surface area contributed by atoms with Crippen molar-refractivity contribution >= 4 is 23.6 Å². The first kappa shape index (κ1) is 28.6. The molecule has 0 aromatic heterocycles. The molecule has 1 saturated heterocycles. The maximum atomic E-state index is 11.4. The number of hydrogen-bond acceptors (Lipinski definition) is 7. The number of hydrogen-bond donors (Lipinski definition) is 5. The van der Waals surface area contributed by atoms with Gasteiger partial charge in [0.25, 0.3) is 0 Å². The van der Waals surface area contributed by atoms with E-state index in [0.717, 1.165) is 52.5 Å². The van der Waals surface area contributed by atoms with E-state index in [1.54, 1.807) is 11.9 Å². The van der Waals surface area contributed by atoms with Gasteiger partial charge in [-0.2, -0.15) is 0 Å². The topological polar surface area (TPSA) is 124 Å². The average Bonchev–Trinajstić information content (AvgIpc) is 2.94. The van der Waals surface area contributed by atoms with Crippen LogP contribution in [0, 0.1) is 6.92 Å². The van der Waals surface area contributed by atoms with Crippen molar-refractivity contribution in [3.05, 3.63) is 82.3 Å². The molecule has 38 heavy (non-hydrogen) atoms. The van der Waals surface area contributed by atoms with Crippen molar-refractivity contribution in [3.63, 3.8) is 0 Å². The normalized spacial score (nSPS) is 16.1. The maximum absolute atomic E-state index is 11.4. The summed E-state index contributed by atoms with van der Waals surface area (Å²) in [5.74, 6) is 1.06. The van der Waals surface area contributed by atoms with Gasteiger partial charge in [-0.25, -0.2) is 4.79 Å². The van der Waals surface area contributed by atoms with Gasteiger partial charge in [-0.15, -0.1) is 0 Å². The molecule has 0 aliphatic carbocycles. The van der Waals surface area contributed by atoms with E-state index >= 15 is 0 Å². The number of anilines is 2. The third-order valence-electron chi connectivity index (χ3n) is 6.77. The fourth-order valence-electron chi connectivity index (χ4n) is 4.83. The second kappa shape index (κ2) is 13.5. The number of rotatable bonds is 7. The van der Waals surface area contributed by atoms with Crippen LogP contribution in [0.5, 0.6) is 0 Å². The van der Waals surface area contributed by atoms with E-state index in [1.165, 1.54) is 0 Å². The molecule has 2 heterocycles. The second-order valence-electron chi connectivity index (χ2n) is 9.03. The van der Waals surface area contributed by atoms with E-state index in [4.69, 9.17) is 11.5 Å². The largest absolute Gasteiger partial charge is 0.398 e. The SMILES string of the molecule is CC.CN=Cc1c(N)cccc1C(NC)c1cccc(C)c1NC1=CC=C(N2CCN(C(N)=O)CC2)NC1. The summed E-state index contributed by atoms with van der Waals surface area (Å²) in [5.41, 5.74) is 18.8. The van der Waals surface area contributed by atoms with Crippen molar-refractivity contribution in [1.82, 2.24) is 20.4 Å². The molecule has 9 nitrogen and oxygen atoms in total. The molecule has 7 N–H and O–H groups in total. The van der Waals surface area contributed by atoms with Crippen LogP contribution >= 0.6 is 0 Å². The van der Waals surface area contributed by atoms with Crippen molar-refractivity contribution in [3.8, 4) is 0 Å². The highest BCUT2D eigenvalue weighted by Gasteiger charge is 2.23. The number of carbonyl (C=O) groups excluding carboxylic acids is 1. The number of benzene rings is 2. The third-order valence-corrected chi connectivity index (χ3v) is 6.77. The molecule has 2 aromatic carbocycles. The van der Waals surface area contributed by atoms with Gasteiger partial charge in [0.1, 0.15) is 5.82 Å². The van der Waals surface area contributed by atoms with Crippen LogP contribution in [-0.4, -0.2) is 68.9 Å². The zero-order chi connectivity index (χ0) is 27.7. The van der Waals surface area contributed by atoms with E-state index in [1.807, 2.05) is 39.2 Å². The van der Waals surface area contributed by atoms with Gasteiger partial charge in [0.15, 0.2) is 0 Å². The molecule has 2 aliphatic rings. The molecule has 204 valence electrons. The highest BCUT2D eigenvalue weighted by Crippen LogP contribution is 2.34. The molecule has 2 aromatic rings. The van der Waals surface area contributed by atoms with Gasteiger partial charge in [0.05, 0.1) is 12.6 Å². The number of primary amides is 1. The maximum Gasteiger partial charge on any atom is 0.314 e. The summed E-state index contributed by atoms with van der Waals surface area (Å²) in [6, 6.07) is 11.9. The van der Waals surface area contributed by atoms with E-state index in [-0.39, 0.29) is 12.1 Å². The van der Waals surface area contributed by atoms with Crippen LogP contribution in [0.15, 0.2) is 65.1 Å². The number of nitrogens with zero attached hydrogens (tertiary/aromatic N) is 3. The summed E-state index contributed by atoms with van der Waals surface area (Å²) in [4.78, 5) is 19.6. The third kappa shape index (κ3) is 6.47. The van der Waals surface area contributed by atoms with Gasteiger partial charge in [-0.05, 0) is 48.9 Å². The van der Waals surface area contributed by atoms with Crippen LogP contribution in [0.25, 0.3) is 0 Å². The number of carbonyl (C=O) groups is 1. The fourth-order valence-corrected chi connectivity index (χ4v) is 4.83. The number of nitrogens with two attached hydrogens (primary N) is 2. The summed E-state index contributed by atoms with van der Waals surface area (Å²) in [6.45, 7) is 9.57.